The van der Waals surface area contributed by atoms with Crippen molar-refractivity contribution in [3.05, 3.63) is 12.2 Å². The number of ether oxygens (including phenoxy) is 2. The van der Waals surface area contributed by atoms with Gasteiger partial charge in [0, 0.05) is 6.42 Å². The third-order valence-electron chi connectivity index (χ3n) is 14.1. The van der Waals surface area contributed by atoms with Gasteiger partial charge in [0.2, 0.25) is 5.91 Å². The molecule has 7 atom stereocenters. The molecule has 9 heteroatoms. The molecule has 1 saturated heterocycles. The van der Waals surface area contributed by atoms with Gasteiger partial charge in [-0.05, 0) is 19.3 Å². The van der Waals surface area contributed by atoms with Crippen LogP contribution in [0.25, 0.3) is 0 Å². The zero-order chi connectivity index (χ0) is 48.0. The van der Waals surface area contributed by atoms with E-state index in [1.165, 1.54) is 231 Å². The Bertz CT molecular complexity index is 1040. The number of carbonyl (C=O) groups is 1. The zero-order valence-corrected chi connectivity index (χ0v) is 43.5. The molecule has 0 radical (unpaired) electrons. The van der Waals surface area contributed by atoms with Gasteiger partial charge in [0.1, 0.15) is 24.4 Å². The number of rotatable bonds is 50. The molecule has 1 rings (SSSR count). The van der Waals surface area contributed by atoms with Crippen molar-refractivity contribution in [2.45, 2.75) is 333 Å². The number of aliphatic hydroxyl groups is 5. The summed E-state index contributed by atoms with van der Waals surface area (Å²) in [6.45, 7) is 3.81. The van der Waals surface area contributed by atoms with Crippen LogP contribution in [0.15, 0.2) is 12.2 Å². The number of hydrogen-bond donors (Lipinski definition) is 6. The van der Waals surface area contributed by atoms with Crippen LogP contribution in [0, 0.1) is 0 Å². The molecule has 0 aliphatic carbocycles. The smallest absolute Gasteiger partial charge is 0.220 e. The highest BCUT2D eigenvalue weighted by Crippen LogP contribution is 2.23. The number of hydrogen-bond acceptors (Lipinski definition) is 8. The summed E-state index contributed by atoms with van der Waals surface area (Å²) in [5.41, 5.74) is 0. The highest BCUT2D eigenvalue weighted by atomic mass is 16.7. The summed E-state index contributed by atoms with van der Waals surface area (Å²) in [7, 11) is 0. The van der Waals surface area contributed by atoms with Gasteiger partial charge in [0.15, 0.2) is 6.29 Å². The van der Waals surface area contributed by atoms with Gasteiger partial charge in [-0.3, -0.25) is 4.79 Å². The van der Waals surface area contributed by atoms with Crippen molar-refractivity contribution in [2.75, 3.05) is 13.2 Å². The van der Waals surface area contributed by atoms with E-state index in [0.717, 1.165) is 38.5 Å². The molecule has 0 aromatic carbocycles. The molecule has 1 heterocycles. The first kappa shape index (κ1) is 62.9. The molecule has 0 saturated carbocycles. The molecule has 9 nitrogen and oxygen atoms in total. The van der Waals surface area contributed by atoms with Gasteiger partial charge in [-0.2, -0.15) is 0 Å². The van der Waals surface area contributed by atoms with Gasteiger partial charge < -0.3 is 40.3 Å². The second-order valence-electron chi connectivity index (χ2n) is 20.5. The SMILES string of the molecule is CCCCCCCCCCCCCCCCCCCCCCCCCCCCC/C=C/C(O)C(COC1OC(CO)C(O)C(O)C1O)NC(=O)CCCCCCCCCCCCCCCC. The van der Waals surface area contributed by atoms with Crippen molar-refractivity contribution < 1.29 is 39.8 Å². The third kappa shape index (κ3) is 36.9. The van der Waals surface area contributed by atoms with Crippen LogP contribution in [0.1, 0.15) is 290 Å². The van der Waals surface area contributed by atoms with E-state index >= 15 is 0 Å². The lowest BCUT2D eigenvalue weighted by Gasteiger charge is -2.40. The second-order valence-corrected chi connectivity index (χ2v) is 20.5. The van der Waals surface area contributed by atoms with Crippen LogP contribution in [-0.4, -0.2) is 87.5 Å². The summed E-state index contributed by atoms with van der Waals surface area (Å²) >= 11 is 0. The molecular formula is C57H111NO8. The minimum absolute atomic E-state index is 0.172. The monoisotopic (exact) mass is 938 g/mol. The van der Waals surface area contributed by atoms with E-state index in [1.54, 1.807) is 6.08 Å². The second kappa shape index (κ2) is 47.6. The number of nitrogens with one attached hydrogen (secondary N) is 1. The van der Waals surface area contributed by atoms with Crippen molar-refractivity contribution in [3.8, 4) is 0 Å². The van der Waals surface area contributed by atoms with Crippen molar-refractivity contribution in [3.63, 3.8) is 0 Å². The summed E-state index contributed by atoms with van der Waals surface area (Å²) in [5.74, 6) is -0.172. The predicted octanol–water partition coefficient (Wildman–Crippen LogP) is 14.0. The number of unbranched alkanes of at least 4 members (excludes halogenated alkanes) is 40. The Labute approximate surface area is 407 Å². The van der Waals surface area contributed by atoms with Crippen LogP contribution in [-0.2, 0) is 14.3 Å². The lowest BCUT2D eigenvalue weighted by atomic mass is 9.99. The number of aliphatic hydroxyl groups excluding tert-OH is 5. The molecule has 0 spiro atoms. The van der Waals surface area contributed by atoms with Crippen molar-refractivity contribution in [2.24, 2.45) is 0 Å². The first-order valence-corrected chi connectivity index (χ1v) is 28.9. The zero-order valence-electron chi connectivity index (χ0n) is 43.5. The molecule has 7 unspecified atom stereocenters. The highest BCUT2D eigenvalue weighted by molar-refractivity contribution is 5.76. The quantitative estimate of drug-likeness (QED) is 0.0261. The van der Waals surface area contributed by atoms with E-state index in [2.05, 4.69) is 19.2 Å². The maximum absolute atomic E-state index is 13.0. The van der Waals surface area contributed by atoms with E-state index in [0.29, 0.717) is 6.42 Å². The summed E-state index contributed by atoms with van der Waals surface area (Å²) in [6.07, 6.45) is 51.5. The van der Waals surface area contributed by atoms with Crippen LogP contribution in [0.4, 0.5) is 0 Å². The fourth-order valence-corrected chi connectivity index (χ4v) is 9.51. The van der Waals surface area contributed by atoms with Crippen LogP contribution in [0.3, 0.4) is 0 Å². The average molecular weight is 939 g/mol. The van der Waals surface area contributed by atoms with Crippen molar-refractivity contribution in [1.82, 2.24) is 5.32 Å². The van der Waals surface area contributed by atoms with Crippen LogP contribution >= 0.6 is 0 Å². The molecule has 66 heavy (non-hydrogen) atoms. The Kier molecular flexibility index (Phi) is 45.4. The maximum Gasteiger partial charge on any atom is 0.220 e. The fraction of sp³-hybridized carbons (Fsp3) is 0.947. The lowest BCUT2D eigenvalue weighted by Crippen LogP contribution is -2.60. The van der Waals surface area contributed by atoms with E-state index in [9.17, 15) is 30.3 Å². The molecule has 1 amide bonds. The minimum atomic E-state index is -1.56. The predicted molar refractivity (Wildman–Crippen MR) is 277 cm³/mol. The molecular weight excluding hydrogens is 827 g/mol. The van der Waals surface area contributed by atoms with E-state index < -0.39 is 49.5 Å². The van der Waals surface area contributed by atoms with Gasteiger partial charge in [-0.1, -0.05) is 276 Å². The molecule has 0 bridgehead atoms. The Balaban J connectivity index is 2.17. The molecule has 1 aliphatic rings. The van der Waals surface area contributed by atoms with E-state index in [4.69, 9.17) is 9.47 Å². The average Bonchev–Trinajstić information content (AvgIpc) is 3.32. The van der Waals surface area contributed by atoms with Crippen molar-refractivity contribution in [1.29, 1.82) is 0 Å². The van der Waals surface area contributed by atoms with Crippen molar-refractivity contribution >= 4 is 5.91 Å². The number of amides is 1. The Morgan fingerprint density at radius 3 is 1.18 bits per heavy atom. The molecule has 0 aromatic rings. The topological polar surface area (TPSA) is 149 Å². The van der Waals surface area contributed by atoms with E-state index in [-0.39, 0.29) is 12.5 Å². The van der Waals surface area contributed by atoms with E-state index in [1.807, 2.05) is 6.08 Å². The van der Waals surface area contributed by atoms with Gasteiger partial charge in [-0.25, -0.2) is 0 Å². The first-order chi connectivity index (χ1) is 32.3. The van der Waals surface area contributed by atoms with Gasteiger partial charge >= 0.3 is 0 Å². The highest BCUT2D eigenvalue weighted by Gasteiger charge is 2.44. The standard InChI is InChI=1S/C57H111NO8/c1-3-5-7-9-11-13-15-17-19-20-21-22-23-24-25-26-27-28-29-30-31-32-33-34-36-38-40-42-44-46-51(60)50(49-65-57-56(64)55(63)54(62)52(48-59)66-57)58-53(61)47-45-43-41-39-37-35-18-16-14-12-10-8-6-4-2/h44,46,50-52,54-57,59-60,62-64H,3-43,45,47-49H2,1-2H3,(H,58,61)/b46-44+. The Morgan fingerprint density at radius 2 is 0.833 bits per heavy atom. The van der Waals surface area contributed by atoms with Gasteiger partial charge in [0.25, 0.3) is 0 Å². The molecule has 6 N–H and O–H groups in total. The summed E-state index contributed by atoms with van der Waals surface area (Å²) < 4.78 is 11.3. The van der Waals surface area contributed by atoms with Crippen LogP contribution < -0.4 is 5.32 Å². The van der Waals surface area contributed by atoms with Crippen LogP contribution in [0.2, 0.25) is 0 Å². The van der Waals surface area contributed by atoms with Gasteiger partial charge in [0.05, 0.1) is 25.4 Å². The summed E-state index contributed by atoms with van der Waals surface area (Å²) in [5, 5.41) is 54.4. The Hall–Kier alpha value is -1.07. The molecule has 392 valence electrons. The largest absolute Gasteiger partial charge is 0.394 e. The number of carbonyl (C=O) groups excluding carboxylic acids is 1. The maximum atomic E-state index is 13.0. The Morgan fingerprint density at radius 1 is 0.500 bits per heavy atom. The molecule has 1 fully saturated rings. The summed E-state index contributed by atoms with van der Waals surface area (Å²) in [4.78, 5) is 13.0. The first-order valence-electron chi connectivity index (χ1n) is 28.9. The molecule has 1 aliphatic heterocycles. The number of allylic oxidation sites excluding steroid dienone is 1. The fourth-order valence-electron chi connectivity index (χ4n) is 9.51. The normalized spacial score (nSPS) is 19.8. The van der Waals surface area contributed by atoms with Crippen LogP contribution in [0.5, 0.6) is 0 Å². The summed E-state index contributed by atoms with van der Waals surface area (Å²) in [6, 6.07) is -0.799. The third-order valence-corrected chi connectivity index (χ3v) is 14.1. The molecule has 0 aromatic heterocycles. The van der Waals surface area contributed by atoms with Gasteiger partial charge in [-0.15, -0.1) is 0 Å². The lowest BCUT2D eigenvalue weighted by molar-refractivity contribution is -0.302. The minimum Gasteiger partial charge on any atom is -0.394 e.